The Balaban J connectivity index is 2.20. The molecule has 2 aromatic carbocycles. The Kier molecular flexibility index (Phi) is 5.56. The average Bonchev–Trinajstić information content (AvgIpc) is 2.55. The predicted molar refractivity (Wildman–Crippen MR) is 94.1 cm³/mol. The Labute approximate surface area is 143 Å². The molecule has 2 aromatic rings. The second kappa shape index (κ2) is 7.61. The maximum atomic E-state index is 12.3. The lowest BCUT2D eigenvalue weighted by Gasteiger charge is -2.07. The van der Waals surface area contributed by atoms with E-state index in [0.717, 1.165) is 15.6 Å². The van der Waals surface area contributed by atoms with Crippen molar-refractivity contribution < 1.29 is 9.53 Å². The first-order valence-electron chi connectivity index (χ1n) is 6.87. The molecule has 1 N–H and O–H groups in total. The van der Waals surface area contributed by atoms with Crippen LogP contribution in [-0.2, 0) is 4.79 Å². The summed E-state index contributed by atoms with van der Waals surface area (Å²) >= 11 is 3.40. The van der Waals surface area contributed by atoms with Gasteiger partial charge in [-0.05, 0) is 64.3 Å². The van der Waals surface area contributed by atoms with Crippen molar-refractivity contribution in [3.63, 3.8) is 0 Å². The largest absolute Gasteiger partial charge is 0.497 e. The summed E-state index contributed by atoms with van der Waals surface area (Å²) in [5.74, 6) is 0.265. The summed E-state index contributed by atoms with van der Waals surface area (Å²) < 4.78 is 5.85. The fourth-order valence-electron chi connectivity index (χ4n) is 1.93. The van der Waals surface area contributed by atoms with Gasteiger partial charge < -0.3 is 10.1 Å². The van der Waals surface area contributed by atoms with E-state index < -0.39 is 5.91 Å². The number of nitriles is 1. The topological polar surface area (TPSA) is 62.1 Å². The third kappa shape index (κ3) is 4.44. The molecule has 0 spiro atoms. The molecule has 116 valence electrons. The van der Waals surface area contributed by atoms with E-state index in [1.54, 1.807) is 37.4 Å². The van der Waals surface area contributed by atoms with Gasteiger partial charge in [-0.1, -0.05) is 18.2 Å². The second-order valence-electron chi connectivity index (χ2n) is 4.88. The molecule has 0 aliphatic carbocycles. The van der Waals surface area contributed by atoms with Crippen LogP contribution in [0.15, 0.2) is 52.5 Å². The number of methoxy groups -OCH3 is 1. The molecule has 0 aliphatic rings. The average molecular weight is 371 g/mol. The summed E-state index contributed by atoms with van der Waals surface area (Å²) in [4.78, 5) is 12.3. The van der Waals surface area contributed by atoms with Crippen LogP contribution in [0, 0.1) is 18.3 Å². The number of nitrogens with zero attached hydrogens (tertiary/aromatic N) is 1. The van der Waals surface area contributed by atoms with Gasteiger partial charge in [0.15, 0.2) is 0 Å². The van der Waals surface area contributed by atoms with E-state index in [4.69, 9.17) is 4.74 Å². The van der Waals surface area contributed by atoms with Crippen LogP contribution >= 0.6 is 15.9 Å². The number of aryl methyl sites for hydroxylation is 1. The van der Waals surface area contributed by atoms with Gasteiger partial charge in [-0.2, -0.15) is 5.26 Å². The van der Waals surface area contributed by atoms with Crippen molar-refractivity contribution >= 4 is 33.6 Å². The fourth-order valence-corrected chi connectivity index (χ4v) is 2.52. The summed E-state index contributed by atoms with van der Waals surface area (Å²) in [7, 11) is 1.58. The molecule has 5 heteroatoms. The Hall–Kier alpha value is -2.58. The van der Waals surface area contributed by atoms with Gasteiger partial charge in [-0.15, -0.1) is 0 Å². The van der Waals surface area contributed by atoms with Crippen molar-refractivity contribution in [3.8, 4) is 11.8 Å². The molecule has 4 nitrogen and oxygen atoms in total. The lowest BCUT2D eigenvalue weighted by molar-refractivity contribution is -0.112. The van der Waals surface area contributed by atoms with Gasteiger partial charge in [-0.25, -0.2) is 0 Å². The number of amides is 1. The van der Waals surface area contributed by atoms with Crippen molar-refractivity contribution in [2.45, 2.75) is 6.92 Å². The first-order chi connectivity index (χ1) is 11.0. The van der Waals surface area contributed by atoms with E-state index >= 15 is 0 Å². The molecule has 0 aromatic heterocycles. The molecular formula is C18H15BrN2O2. The molecule has 0 radical (unpaired) electrons. The van der Waals surface area contributed by atoms with Crippen molar-refractivity contribution in [1.29, 1.82) is 5.26 Å². The minimum atomic E-state index is -0.451. The zero-order valence-electron chi connectivity index (χ0n) is 12.8. The Morgan fingerprint density at radius 3 is 2.52 bits per heavy atom. The van der Waals surface area contributed by atoms with Crippen molar-refractivity contribution in [1.82, 2.24) is 0 Å². The van der Waals surface area contributed by atoms with Crippen LogP contribution < -0.4 is 10.1 Å². The smallest absolute Gasteiger partial charge is 0.266 e. The van der Waals surface area contributed by atoms with Crippen LogP contribution in [0.25, 0.3) is 6.08 Å². The molecule has 0 heterocycles. The van der Waals surface area contributed by atoms with E-state index in [2.05, 4.69) is 21.2 Å². The van der Waals surface area contributed by atoms with Gasteiger partial charge in [0, 0.05) is 4.47 Å². The molecule has 0 aliphatic heterocycles. The molecule has 0 bridgehead atoms. The number of halogens is 1. The van der Waals surface area contributed by atoms with Gasteiger partial charge in [0.25, 0.3) is 5.91 Å². The summed E-state index contributed by atoms with van der Waals surface area (Å²) in [6, 6.07) is 14.6. The SMILES string of the molecule is COc1ccc(/C=C(/C#N)C(=O)Nc2ccc(C)cc2Br)cc1. The molecule has 23 heavy (non-hydrogen) atoms. The number of hydrogen-bond acceptors (Lipinski definition) is 3. The first kappa shape index (κ1) is 16.8. The normalized spacial score (nSPS) is 10.8. The number of hydrogen-bond donors (Lipinski definition) is 1. The monoisotopic (exact) mass is 370 g/mol. The minimum Gasteiger partial charge on any atom is -0.497 e. The van der Waals surface area contributed by atoms with Crippen molar-refractivity contribution in [3.05, 3.63) is 63.6 Å². The summed E-state index contributed by atoms with van der Waals surface area (Å²) in [6.45, 7) is 1.96. The highest BCUT2D eigenvalue weighted by atomic mass is 79.9. The Morgan fingerprint density at radius 2 is 1.96 bits per heavy atom. The standard InChI is InChI=1S/C18H15BrN2O2/c1-12-3-8-17(16(19)9-12)21-18(22)14(11-20)10-13-4-6-15(23-2)7-5-13/h3-10H,1-2H3,(H,21,22)/b14-10-. The lowest BCUT2D eigenvalue weighted by atomic mass is 10.1. The van der Waals surface area contributed by atoms with Crippen LogP contribution in [0.5, 0.6) is 5.75 Å². The van der Waals surface area contributed by atoms with Gasteiger partial charge in [-0.3, -0.25) is 4.79 Å². The maximum absolute atomic E-state index is 12.3. The van der Waals surface area contributed by atoms with Gasteiger partial charge >= 0.3 is 0 Å². The summed E-state index contributed by atoms with van der Waals surface area (Å²) in [6.07, 6.45) is 1.54. The summed E-state index contributed by atoms with van der Waals surface area (Å²) in [5, 5.41) is 12.0. The molecule has 0 fully saturated rings. The van der Waals surface area contributed by atoms with Crippen LogP contribution in [0.2, 0.25) is 0 Å². The number of carbonyl (C=O) groups excluding carboxylic acids is 1. The third-order valence-corrected chi connectivity index (χ3v) is 3.82. The van der Waals surface area contributed by atoms with E-state index in [-0.39, 0.29) is 5.57 Å². The minimum absolute atomic E-state index is 0.0302. The van der Waals surface area contributed by atoms with Crippen LogP contribution in [0.4, 0.5) is 5.69 Å². The number of anilines is 1. The molecular weight excluding hydrogens is 356 g/mol. The van der Waals surface area contributed by atoms with Crippen molar-refractivity contribution in [2.24, 2.45) is 0 Å². The lowest BCUT2D eigenvalue weighted by Crippen LogP contribution is -2.13. The van der Waals surface area contributed by atoms with E-state index in [1.807, 2.05) is 25.1 Å². The molecule has 0 unspecified atom stereocenters. The molecule has 0 atom stereocenters. The van der Waals surface area contributed by atoms with Gasteiger partial charge in [0.1, 0.15) is 17.4 Å². The molecule has 1 amide bonds. The quantitative estimate of drug-likeness (QED) is 0.644. The fraction of sp³-hybridized carbons (Fsp3) is 0.111. The zero-order chi connectivity index (χ0) is 16.8. The predicted octanol–water partition coefficient (Wildman–Crippen LogP) is 4.31. The number of nitrogens with one attached hydrogen (secondary N) is 1. The van der Waals surface area contributed by atoms with Crippen LogP contribution in [0.3, 0.4) is 0 Å². The number of ether oxygens (including phenoxy) is 1. The highest BCUT2D eigenvalue weighted by Crippen LogP contribution is 2.24. The van der Waals surface area contributed by atoms with Gasteiger partial charge in [0.2, 0.25) is 0 Å². The van der Waals surface area contributed by atoms with E-state index in [9.17, 15) is 10.1 Å². The van der Waals surface area contributed by atoms with E-state index in [0.29, 0.717) is 11.4 Å². The first-order valence-corrected chi connectivity index (χ1v) is 7.66. The third-order valence-electron chi connectivity index (χ3n) is 3.16. The molecule has 2 rings (SSSR count). The van der Waals surface area contributed by atoms with Crippen LogP contribution in [-0.4, -0.2) is 13.0 Å². The number of carbonyl (C=O) groups is 1. The molecule has 0 saturated carbocycles. The highest BCUT2D eigenvalue weighted by molar-refractivity contribution is 9.10. The summed E-state index contributed by atoms with van der Waals surface area (Å²) in [5.41, 5.74) is 2.48. The van der Waals surface area contributed by atoms with Gasteiger partial charge in [0.05, 0.1) is 12.8 Å². The number of benzene rings is 2. The second-order valence-corrected chi connectivity index (χ2v) is 5.73. The van der Waals surface area contributed by atoms with Crippen molar-refractivity contribution in [2.75, 3.05) is 12.4 Å². The Bertz CT molecular complexity index is 790. The highest BCUT2D eigenvalue weighted by Gasteiger charge is 2.11. The maximum Gasteiger partial charge on any atom is 0.266 e. The van der Waals surface area contributed by atoms with E-state index in [1.165, 1.54) is 6.08 Å². The number of rotatable bonds is 4. The van der Waals surface area contributed by atoms with Crippen LogP contribution in [0.1, 0.15) is 11.1 Å². The molecule has 0 saturated heterocycles. The zero-order valence-corrected chi connectivity index (χ0v) is 14.3. The Morgan fingerprint density at radius 1 is 1.26 bits per heavy atom.